The summed E-state index contributed by atoms with van der Waals surface area (Å²) in [6, 6.07) is 63.8. The Morgan fingerprint density at radius 2 is 1.23 bits per heavy atom. The number of para-hydroxylation sites is 2. The summed E-state index contributed by atoms with van der Waals surface area (Å²) in [6.45, 7) is 2.17. The second-order valence-corrected chi connectivity index (χ2v) is 13.3. The molecular formula is C50H36N2. The van der Waals surface area contributed by atoms with Gasteiger partial charge in [0.25, 0.3) is 0 Å². The molecule has 2 heteroatoms. The lowest BCUT2D eigenvalue weighted by Gasteiger charge is -2.34. The number of aromatic nitrogens is 1. The van der Waals surface area contributed by atoms with Gasteiger partial charge in [-0.1, -0.05) is 145 Å². The van der Waals surface area contributed by atoms with Gasteiger partial charge in [0.2, 0.25) is 0 Å². The first kappa shape index (κ1) is 31.2. The van der Waals surface area contributed by atoms with Crippen molar-refractivity contribution in [2.45, 2.75) is 12.3 Å². The highest BCUT2D eigenvalue weighted by molar-refractivity contribution is 6.11. The van der Waals surface area contributed by atoms with Gasteiger partial charge < -0.3 is 9.47 Å². The van der Waals surface area contributed by atoms with Crippen molar-refractivity contribution < 1.29 is 0 Å². The average Bonchev–Trinajstić information content (AvgIpc) is 3.70. The van der Waals surface area contributed by atoms with Crippen LogP contribution in [0.4, 0.5) is 11.4 Å². The monoisotopic (exact) mass is 664 g/mol. The predicted octanol–water partition coefficient (Wildman–Crippen LogP) is 12.4. The minimum Gasteiger partial charge on any atom is -0.314 e. The van der Waals surface area contributed by atoms with Crippen LogP contribution in [0.5, 0.6) is 0 Å². The molecule has 0 aliphatic heterocycles. The molecule has 1 heterocycles. The maximum Gasteiger partial charge on any atom is 0.0714 e. The molecule has 0 unspecified atom stereocenters. The molecule has 7 aromatic carbocycles. The lowest BCUT2D eigenvalue weighted by Crippen LogP contribution is -2.28. The van der Waals surface area contributed by atoms with Crippen LogP contribution in [0.2, 0.25) is 0 Å². The molecule has 0 N–H and O–H groups in total. The number of hydrogen-bond donors (Lipinski definition) is 0. The fraction of sp³-hybridized carbons (Fsp3) is 0.0400. The second-order valence-electron chi connectivity index (χ2n) is 13.3. The number of fused-ring (bicyclic) bond motifs is 6. The van der Waals surface area contributed by atoms with E-state index in [2.05, 4.69) is 204 Å². The van der Waals surface area contributed by atoms with Gasteiger partial charge in [0, 0.05) is 33.4 Å². The first-order chi connectivity index (χ1) is 25.7. The SMILES string of the molecule is C#C/C=C\C=C(/C)N(c1ccc2c(c1)c1ccccc1n2-c1ccccc1)c1cccc2c1-c1ccccc1C2(c1ccccc1)c1ccccc1. The molecule has 8 aromatic rings. The van der Waals surface area contributed by atoms with Crippen LogP contribution in [-0.2, 0) is 5.41 Å². The van der Waals surface area contributed by atoms with Gasteiger partial charge in [-0.15, -0.1) is 6.42 Å². The Bertz CT molecular complexity index is 2650. The largest absolute Gasteiger partial charge is 0.314 e. The van der Waals surface area contributed by atoms with E-state index in [-0.39, 0.29) is 0 Å². The minimum absolute atomic E-state index is 0.496. The van der Waals surface area contributed by atoms with E-state index in [0.29, 0.717) is 0 Å². The van der Waals surface area contributed by atoms with E-state index in [1.165, 1.54) is 55.2 Å². The average molecular weight is 665 g/mol. The number of terminal acetylenes is 1. The van der Waals surface area contributed by atoms with Gasteiger partial charge in [-0.2, -0.15) is 0 Å². The first-order valence-corrected chi connectivity index (χ1v) is 17.7. The summed E-state index contributed by atoms with van der Waals surface area (Å²) in [4.78, 5) is 2.40. The van der Waals surface area contributed by atoms with E-state index in [0.717, 1.165) is 22.8 Å². The van der Waals surface area contributed by atoms with Gasteiger partial charge in [0.05, 0.1) is 22.1 Å². The molecule has 0 saturated heterocycles. The van der Waals surface area contributed by atoms with Crippen molar-refractivity contribution in [3.63, 3.8) is 0 Å². The van der Waals surface area contributed by atoms with Crippen LogP contribution in [-0.4, -0.2) is 4.57 Å². The van der Waals surface area contributed by atoms with Gasteiger partial charge in [-0.25, -0.2) is 0 Å². The van der Waals surface area contributed by atoms with Crippen LogP contribution in [0.15, 0.2) is 200 Å². The predicted molar refractivity (Wildman–Crippen MR) is 218 cm³/mol. The Kier molecular flexibility index (Phi) is 7.68. The molecular weight excluding hydrogens is 629 g/mol. The van der Waals surface area contributed by atoms with Gasteiger partial charge in [0.15, 0.2) is 0 Å². The standard InChI is InChI=1S/C50H36N2/c1-3-4-8-20-36(2)51(40-33-34-47-43(35-40)41-27-16-18-31-46(41)52(47)39-25-13-7-14-26-39)48-32-19-30-45-49(48)42-28-15-17-29-44(42)50(45,37-21-9-5-10-22-37)38-23-11-6-12-24-38/h1,4-35H,2H3/b8-4-,36-20+. The van der Waals surface area contributed by atoms with Crippen molar-refractivity contribution in [1.82, 2.24) is 4.57 Å². The molecule has 1 aliphatic carbocycles. The molecule has 0 atom stereocenters. The third-order valence-electron chi connectivity index (χ3n) is 10.5. The number of benzene rings is 7. The van der Waals surface area contributed by atoms with E-state index >= 15 is 0 Å². The number of hydrogen-bond acceptors (Lipinski definition) is 1. The summed E-state index contributed by atoms with van der Waals surface area (Å²) in [6.07, 6.45) is 11.5. The van der Waals surface area contributed by atoms with Crippen LogP contribution in [0.1, 0.15) is 29.2 Å². The van der Waals surface area contributed by atoms with Gasteiger partial charge in [-0.05, 0) is 89.4 Å². The van der Waals surface area contributed by atoms with Crippen molar-refractivity contribution in [3.8, 4) is 29.2 Å². The minimum atomic E-state index is -0.496. The van der Waals surface area contributed by atoms with Crippen LogP contribution >= 0.6 is 0 Å². The first-order valence-electron chi connectivity index (χ1n) is 17.7. The topological polar surface area (TPSA) is 8.17 Å². The lowest BCUT2D eigenvalue weighted by molar-refractivity contribution is 0.768. The highest BCUT2D eigenvalue weighted by atomic mass is 15.1. The zero-order chi connectivity index (χ0) is 35.1. The zero-order valence-corrected chi connectivity index (χ0v) is 28.9. The van der Waals surface area contributed by atoms with Crippen LogP contribution in [0, 0.1) is 12.3 Å². The molecule has 1 aliphatic rings. The van der Waals surface area contributed by atoms with Crippen LogP contribution in [0.25, 0.3) is 38.6 Å². The van der Waals surface area contributed by atoms with Crippen molar-refractivity contribution in [3.05, 3.63) is 222 Å². The molecule has 52 heavy (non-hydrogen) atoms. The summed E-state index contributed by atoms with van der Waals surface area (Å²) in [5, 5.41) is 2.41. The molecule has 1 aromatic heterocycles. The molecule has 2 nitrogen and oxygen atoms in total. The highest BCUT2D eigenvalue weighted by Gasteiger charge is 2.47. The number of anilines is 2. The Morgan fingerprint density at radius 3 is 1.96 bits per heavy atom. The van der Waals surface area contributed by atoms with E-state index in [9.17, 15) is 0 Å². The van der Waals surface area contributed by atoms with Crippen molar-refractivity contribution in [2.75, 3.05) is 4.90 Å². The Hall–Kier alpha value is -6.82. The summed E-state index contributed by atoms with van der Waals surface area (Å²) < 4.78 is 2.36. The second kappa shape index (κ2) is 12.8. The van der Waals surface area contributed by atoms with E-state index in [1.807, 2.05) is 6.08 Å². The summed E-state index contributed by atoms with van der Waals surface area (Å²) in [5.74, 6) is 2.66. The zero-order valence-electron chi connectivity index (χ0n) is 28.9. The lowest BCUT2D eigenvalue weighted by atomic mass is 9.68. The highest BCUT2D eigenvalue weighted by Crippen LogP contribution is 2.59. The van der Waals surface area contributed by atoms with E-state index in [4.69, 9.17) is 6.42 Å². The summed E-state index contributed by atoms with van der Waals surface area (Å²) in [7, 11) is 0. The van der Waals surface area contributed by atoms with Crippen molar-refractivity contribution in [2.24, 2.45) is 0 Å². The Balaban J connectivity index is 1.34. The fourth-order valence-electron chi connectivity index (χ4n) is 8.47. The molecule has 0 radical (unpaired) electrons. The number of rotatable bonds is 7. The maximum atomic E-state index is 5.66. The summed E-state index contributed by atoms with van der Waals surface area (Å²) >= 11 is 0. The van der Waals surface area contributed by atoms with Crippen molar-refractivity contribution in [1.29, 1.82) is 0 Å². The van der Waals surface area contributed by atoms with Gasteiger partial charge >= 0.3 is 0 Å². The van der Waals surface area contributed by atoms with Gasteiger partial charge in [-0.3, -0.25) is 0 Å². The normalized spacial score (nSPS) is 13.3. The van der Waals surface area contributed by atoms with Crippen LogP contribution < -0.4 is 4.90 Å². The number of allylic oxidation sites excluding steroid dienone is 4. The molecule has 246 valence electrons. The van der Waals surface area contributed by atoms with Crippen molar-refractivity contribution >= 4 is 33.2 Å². The number of nitrogens with zero attached hydrogens (tertiary/aromatic N) is 2. The molecule has 0 fully saturated rings. The van der Waals surface area contributed by atoms with E-state index < -0.39 is 5.41 Å². The summed E-state index contributed by atoms with van der Waals surface area (Å²) in [5.41, 5.74) is 13.8. The third-order valence-corrected chi connectivity index (χ3v) is 10.5. The Morgan fingerprint density at radius 1 is 0.615 bits per heavy atom. The van der Waals surface area contributed by atoms with E-state index in [1.54, 1.807) is 6.08 Å². The fourth-order valence-corrected chi connectivity index (χ4v) is 8.47. The van der Waals surface area contributed by atoms with Crippen LogP contribution in [0.3, 0.4) is 0 Å². The molecule has 0 amide bonds. The molecule has 0 spiro atoms. The maximum absolute atomic E-state index is 5.66. The quantitative estimate of drug-likeness (QED) is 0.122. The molecule has 0 bridgehead atoms. The molecule has 0 saturated carbocycles. The smallest absolute Gasteiger partial charge is 0.0714 e. The third kappa shape index (κ3) is 4.75. The molecule has 9 rings (SSSR count). The Labute approximate surface area is 305 Å². The van der Waals surface area contributed by atoms with Gasteiger partial charge in [0.1, 0.15) is 0 Å².